The van der Waals surface area contributed by atoms with Gasteiger partial charge in [-0.2, -0.15) is 0 Å². The summed E-state index contributed by atoms with van der Waals surface area (Å²) >= 11 is 3.31. The number of carbonyl (C=O) groups is 1. The minimum atomic E-state index is -3.82. The zero-order valence-corrected chi connectivity index (χ0v) is 16.0. The highest BCUT2D eigenvalue weighted by atomic mass is 79.9. The monoisotopic (exact) mass is 435 g/mol. The van der Waals surface area contributed by atoms with Crippen molar-refractivity contribution in [2.24, 2.45) is 0 Å². The summed E-state index contributed by atoms with van der Waals surface area (Å²) in [6.07, 6.45) is 0. The molecule has 0 unspecified atom stereocenters. The number of sulfonamides is 1. The molecule has 0 aliphatic carbocycles. The molecule has 2 aromatic carbocycles. The Labute approximate surface area is 158 Å². The average Bonchev–Trinajstić information content (AvgIpc) is 3.05. The van der Waals surface area contributed by atoms with Gasteiger partial charge in [-0.1, -0.05) is 33.6 Å². The van der Waals surface area contributed by atoms with Crippen molar-refractivity contribution in [1.82, 2.24) is 0 Å². The van der Waals surface area contributed by atoms with Crippen molar-refractivity contribution in [2.75, 3.05) is 4.72 Å². The number of aromatic carboxylic acids is 1. The van der Waals surface area contributed by atoms with Gasteiger partial charge in [-0.25, -0.2) is 13.2 Å². The van der Waals surface area contributed by atoms with Gasteiger partial charge in [0.2, 0.25) is 5.76 Å². The van der Waals surface area contributed by atoms with Crippen molar-refractivity contribution in [3.05, 3.63) is 70.4 Å². The largest absolute Gasteiger partial charge is 0.475 e. The Morgan fingerprint density at radius 2 is 1.77 bits per heavy atom. The Morgan fingerprint density at radius 1 is 1.08 bits per heavy atom. The first-order chi connectivity index (χ1) is 12.3. The Morgan fingerprint density at radius 3 is 2.38 bits per heavy atom. The van der Waals surface area contributed by atoms with Gasteiger partial charge in [0.15, 0.2) is 0 Å². The number of carboxylic acids is 1. The highest BCUT2D eigenvalue weighted by Gasteiger charge is 2.19. The van der Waals surface area contributed by atoms with Gasteiger partial charge in [0, 0.05) is 10.0 Å². The van der Waals surface area contributed by atoms with E-state index < -0.39 is 16.0 Å². The lowest BCUT2D eigenvalue weighted by Crippen LogP contribution is -2.13. The van der Waals surface area contributed by atoms with Crippen LogP contribution < -0.4 is 4.72 Å². The van der Waals surface area contributed by atoms with Crippen molar-refractivity contribution >= 4 is 37.6 Å². The fraction of sp³-hybridized carbons (Fsp3) is 0.0556. The molecule has 3 aromatic rings. The van der Waals surface area contributed by atoms with Crippen molar-refractivity contribution in [1.29, 1.82) is 0 Å². The highest BCUT2D eigenvalue weighted by Crippen LogP contribution is 2.33. The van der Waals surface area contributed by atoms with Crippen LogP contribution in [0.15, 0.2) is 68.4 Å². The second kappa shape index (κ2) is 6.97. The van der Waals surface area contributed by atoms with Crippen LogP contribution in [-0.4, -0.2) is 19.5 Å². The van der Waals surface area contributed by atoms with Crippen molar-refractivity contribution < 1.29 is 22.7 Å². The molecule has 134 valence electrons. The minimum Gasteiger partial charge on any atom is -0.475 e. The van der Waals surface area contributed by atoms with Crippen LogP contribution in [0.5, 0.6) is 0 Å². The van der Waals surface area contributed by atoms with E-state index in [0.29, 0.717) is 10.0 Å². The summed E-state index contributed by atoms with van der Waals surface area (Å²) in [6.45, 7) is 1.87. The van der Waals surface area contributed by atoms with E-state index in [-0.39, 0.29) is 22.1 Å². The highest BCUT2D eigenvalue weighted by molar-refractivity contribution is 9.10. The Balaban J connectivity index is 2.03. The van der Waals surface area contributed by atoms with Crippen molar-refractivity contribution in [3.8, 4) is 11.3 Å². The van der Waals surface area contributed by atoms with Crippen molar-refractivity contribution in [2.45, 2.75) is 11.8 Å². The molecule has 0 saturated heterocycles. The topological polar surface area (TPSA) is 96.6 Å². The quantitative estimate of drug-likeness (QED) is 0.613. The first-order valence-corrected chi connectivity index (χ1v) is 9.76. The molecule has 0 bridgehead atoms. The Kier molecular flexibility index (Phi) is 4.88. The maximum atomic E-state index is 12.7. The van der Waals surface area contributed by atoms with Crippen LogP contribution in [0.25, 0.3) is 11.3 Å². The van der Waals surface area contributed by atoms with Gasteiger partial charge >= 0.3 is 5.97 Å². The number of aryl methyl sites for hydroxylation is 1. The predicted octanol–water partition coefficient (Wildman–Crippen LogP) is 4.52. The molecular weight excluding hydrogens is 422 g/mol. The van der Waals surface area contributed by atoms with E-state index in [2.05, 4.69) is 20.7 Å². The molecule has 6 nitrogen and oxygen atoms in total. The average molecular weight is 436 g/mol. The zero-order chi connectivity index (χ0) is 18.9. The maximum absolute atomic E-state index is 12.7. The van der Waals surface area contributed by atoms with Crippen molar-refractivity contribution in [3.63, 3.8) is 0 Å². The van der Waals surface area contributed by atoms with E-state index in [1.54, 1.807) is 30.3 Å². The van der Waals surface area contributed by atoms with Crippen LogP contribution in [0, 0.1) is 6.92 Å². The van der Waals surface area contributed by atoms with Crippen LogP contribution in [-0.2, 0) is 10.0 Å². The van der Waals surface area contributed by atoms with E-state index in [0.717, 1.165) is 5.56 Å². The number of halogens is 1. The fourth-order valence-corrected chi connectivity index (χ4v) is 3.77. The fourth-order valence-electron chi connectivity index (χ4n) is 2.33. The van der Waals surface area contributed by atoms with Crippen LogP contribution >= 0.6 is 15.9 Å². The van der Waals surface area contributed by atoms with E-state index in [4.69, 9.17) is 9.52 Å². The van der Waals surface area contributed by atoms with E-state index in [1.807, 2.05) is 6.92 Å². The maximum Gasteiger partial charge on any atom is 0.371 e. The molecule has 0 aliphatic rings. The predicted molar refractivity (Wildman–Crippen MR) is 101 cm³/mol. The molecule has 0 fully saturated rings. The summed E-state index contributed by atoms with van der Waals surface area (Å²) in [4.78, 5) is 11.1. The Bertz CT molecular complexity index is 1070. The molecule has 0 atom stereocenters. The molecule has 0 saturated carbocycles. The molecule has 2 N–H and O–H groups in total. The zero-order valence-electron chi connectivity index (χ0n) is 13.6. The third kappa shape index (κ3) is 3.81. The van der Waals surface area contributed by atoms with E-state index in [9.17, 15) is 13.2 Å². The lowest BCUT2D eigenvalue weighted by atomic mass is 10.1. The summed E-state index contributed by atoms with van der Waals surface area (Å²) in [5.74, 6) is -1.18. The second-order valence-corrected chi connectivity index (χ2v) is 8.18. The molecule has 3 rings (SSSR count). The SMILES string of the molecule is Cc1ccc(S(=O)(=O)Nc2cc(Br)ccc2-c2ccc(C(=O)O)o2)cc1. The third-order valence-electron chi connectivity index (χ3n) is 3.64. The number of anilines is 1. The number of carboxylic acid groups (broad SMARTS) is 1. The molecule has 0 spiro atoms. The number of benzene rings is 2. The summed E-state index contributed by atoms with van der Waals surface area (Å²) in [6, 6.07) is 14.2. The number of furan rings is 1. The van der Waals surface area contributed by atoms with Gasteiger partial charge in [0.05, 0.1) is 10.6 Å². The molecule has 8 heteroatoms. The van der Waals surface area contributed by atoms with Gasteiger partial charge < -0.3 is 9.52 Å². The van der Waals surface area contributed by atoms with E-state index in [1.165, 1.54) is 24.3 Å². The number of rotatable bonds is 5. The van der Waals surface area contributed by atoms with Gasteiger partial charge in [-0.15, -0.1) is 0 Å². The number of hydrogen-bond donors (Lipinski definition) is 2. The Hall–Kier alpha value is -2.58. The van der Waals surface area contributed by atoms with Crippen LogP contribution in [0.4, 0.5) is 5.69 Å². The van der Waals surface area contributed by atoms with E-state index >= 15 is 0 Å². The minimum absolute atomic E-state index is 0.125. The summed E-state index contributed by atoms with van der Waals surface area (Å²) in [5, 5.41) is 9.00. The number of hydrogen-bond acceptors (Lipinski definition) is 4. The molecule has 0 amide bonds. The van der Waals surface area contributed by atoms with Crippen LogP contribution in [0.1, 0.15) is 16.1 Å². The first-order valence-electron chi connectivity index (χ1n) is 7.49. The lowest BCUT2D eigenvalue weighted by Gasteiger charge is -2.12. The molecule has 1 heterocycles. The molecular formula is C18H14BrNO5S. The first kappa shape index (κ1) is 18.2. The molecule has 0 aliphatic heterocycles. The lowest BCUT2D eigenvalue weighted by molar-refractivity contribution is 0.0663. The smallest absolute Gasteiger partial charge is 0.371 e. The summed E-state index contributed by atoms with van der Waals surface area (Å²) in [5.41, 5.74) is 1.64. The molecule has 26 heavy (non-hydrogen) atoms. The summed E-state index contributed by atoms with van der Waals surface area (Å²) in [7, 11) is -3.82. The number of nitrogens with one attached hydrogen (secondary N) is 1. The summed E-state index contributed by atoms with van der Waals surface area (Å²) < 4.78 is 33.8. The second-order valence-electron chi connectivity index (χ2n) is 5.58. The van der Waals surface area contributed by atoms with Crippen LogP contribution in [0.3, 0.4) is 0 Å². The van der Waals surface area contributed by atoms with Gasteiger partial charge in [-0.05, 0) is 49.4 Å². The normalized spacial score (nSPS) is 11.3. The van der Waals surface area contributed by atoms with Gasteiger partial charge in [0.25, 0.3) is 10.0 Å². The van der Waals surface area contributed by atoms with Crippen LogP contribution in [0.2, 0.25) is 0 Å². The standard InChI is InChI=1S/C18H14BrNO5S/c1-11-2-5-13(6-3-11)26(23,24)20-15-10-12(19)4-7-14(15)16-8-9-17(25-16)18(21)22/h2-10,20H,1H3,(H,21,22). The molecule has 1 aromatic heterocycles. The molecule has 0 radical (unpaired) electrons. The van der Waals surface area contributed by atoms with Gasteiger partial charge in [-0.3, -0.25) is 4.72 Å². The van der Waals surface area contributed by atoms with Gasteiger partial charge in [0.1, 0.15) is 5.76 Å². The third-order valence-corrected chi connectivity index (χ3v) is 5.51.